The Morgan fingerprint density at radius 3 is 2.42 bits per heavy atom. The predicted octanol–water partition coefficient (Wildman–Crippen LogP) is 4.10. The second kappa shape index (κ2) is 7.16. The topological polar surface area (TPSA) is 26.3 Å². The van der Waals surface area contributed by atoms with E-state index in [1.54, 1.807) is 19.1 Å². The van der Waals surface area contributed by atoms with Crippen molar-refractivity contribution in [2.75, 3.05) is 0 Å². The summed E-state index contributed by atoms with van der Waals surface area (Å²) in [5.41, 5.74) is 0.821. The summed E-state index contributed by atoms with van der Waals surface area (Å²) in [5.74, 6) is -1.25. The lowest BCUT2D eigenvalue weighted by molar-refractivity contribution is -0.155. The average Bonchev–Trinajstić information content (AvgIpc) is 2.37. The molecule has 1 aromatic carbocycles. The molecule has 0 saturated heterocycles. The van der Waals surface area contributed by atoms with Gasteiger partial charge in [-0.05, 0) is 18.4 Å². The number of carbonyl (C=O) groups is 1. The SMILES string of the molecule is CCC(CCC(F)(F)F)C(=O)OCc1ccccc1. The van der Waals surface area contributed by atoms with Crippen LogP contribution in [0, 0.1) is 5.92 Å². The van der Waals surface area contributed by atoms with Crippen molar-refractivity contribution in [2.45, 2.75) is 39.0 Å². The lowest BCUT2D eigenvalue weighted by Gasteiger charge is -2.15. The van der Waals surface area contributed by atoms with E-state index in [4.69, 9.17) is 4.74 Å². The Hall–Kier alpha value is -1.52. The first-order valence-corrected chi connectivity index (χ1v) is 6.19. The van der Waals surface area contributed by atoms with Crippen LogP contribution in [0.4, 0.5) is 13.2 Å². The third-order valence-corrected chi connectivity index (χ3v) is 2.83. The quantitative estimate of drug-likeness (QED) is 0.730. The molecule has 0 aromatic heterocycles. The second-order valence-electron chi connectivity index (χ2n) is 4.35. The molecule has 0 spiro atoms. The summed E-state index contributed by atoms with van der Waals surface area (Å²) in [6.07, 6.45) is -5.05. The van der Waals surface area contributed by atoms with E-state index in [9.17, 15) is 18.0 Å². The summed E-state index contributed by atoms with van der Waals surface area (Å²) in [6.45, 7) is 1.78. The van der Waals surface area contributed by atoms with Gasteiger partial charge in [-0.1, -0.05) is 37.3 Å². The van der Waals surface area contributed by atoms with E-state index in [2.05, 4.69) is 0 Å². The average molecular weight is 274 g/mol. The summed E-state index contributed by atoms with van der Waals surface area (Å²) in [4.78, 5) is 11.7. The summed E-state index contributed by atoms with van der Waals surface area (Å²) < 4.78 is 41.4. The van der Waals surface area contributed by atoms with E-state index in [1.165, 1.54) is 0 Å². The van der Waals surface area contributed by atoms with E-state index in [0.29, 0.717) is 6.42 Å². The Kier molecular flexibility index (Phi) is 5.86. The first-order chi connectivity index (χ1) is 8.92. The standard InChI is InChI=1S/C14H17F3O2/c1-2-12(8-9-14(15,16)17)13(18)19-10-11-6-4-3-5-7-11/h3-7,12H,2,8-10H2,1H3. The fourth-order valence-electron chi connectivity index (χ4n) is 1.67. The van der Waals surface area contributed by atoms with Crippen molar-refractivity contribution < 1.29 is 22.7 Å². The molecule has 19 heavy (non-hydrogen) atoms. The molecule has 1 unspecified atom stereocenters. The van der Waals surface area contributed by atoms with Gasteiger partial charge < -0.3 is 4.74 Å². The molecule has 0 aliphatic carbocycles. The first kappa shape index (κ1) is 15.5. The molecule has 0 amide bonds. The van der Waals surface area contributed by atoms with Crippen molar-refractivity contribution in [2.24, 2.45) is 5.92 Å². The fourth-order valence-corrected chi connectivity index (χ4v) is 1.67. The van der Waals surface area contributed by atoms with E-state index >= 15 is 0 Å². The molecule has 5 heteroatoms. The lowest BCUT2D eigenvalue weighted by atomic mass is 10.0. The van der Waals surface area contributed by atoms with Crippen LogP contribution < -0.4 is 0 Å². The highest BCUT2D eigenvalue weighted by Crippen LogP contribution is 2.26. The van der Waals surface area contributed by atoms with Gasteiger partial charge in [0.2, 0.25) is 0 Å². The van der Waals surface area contributed by atoms with Crippen LogP contribution in [0.15, 0.2) is 30.3 Å². The Labute approximate surface area is 110 Å². The van der Waals surface area contributed by atoms with Crippen molar-refractivity contribution in [3.8, 4) is 0 Å². The fraction of sp³-hybridized carbons (Fsp3) is 0.500. The highest BCUT2D eigenvalue weighted by atomic mass is 19.4. The van der Waals surface area contributed by atoms with Gasteiger partial charge in [0.25, 0.3) is 0 Å². The van der Waals surface area contributed by atoms with Crippen LogP contribution in [0.3, 0.4) is 0 Å². The van der Waals surface area contributed by atoms with E-state index in [-0.39, 0.29) is 13.0 Å². The van der Waals surface area contributed by atoms with Gasteiger partial charge in [-0.3, -0.25) is 4.79 Å². The number of alkyl halides is 3. The molecule has 0 saturated carbocycles. The monoisotopic (exact) mass is 274 g/mol. The van der Waals surface area contributed by atoms with Gasteiger partial charge in [-0.25, -0.2) is 0 Å². The zero-order valence-electron chi connectivity index (χ0n) is 10.7. The van der Waals surface area contributed by atoms with Crippen molar-refractivity contribution in [1.82, 2.24) is 0 Å². The van der Waals surface area contributed by atoms with Gasteiger partial charge in [-0.2, -0.15) is 13.2 Å². The summed E-state index contributed by atoms with van der Waals surface area (Å²) >= 11 is 0. The lowest BCUT2D eigenvalue weighted by Crippen LogP contribution is -2.20. The van der Waals surface area contributed by atoms with Gasteiger partial charge in [0.05, 0.1) is 5.92 Å². The highest BCUT2D eigenvalue weighted by molar-refractivity contribution is 5.72. The van der Waals surface area contributed by atoms with Crippen molar-refractivity contribution >= 4 is 5.97 Å². The van der Waals surface area contributed by atoms with Crippen LogP contribution in [0.1, 0.15) is 31.7 Å². The minimum Gasteiger partial charge on any atom is -0.461 e. The zero-order valence-corrected chi connectivity index (χ0v) is 10.7. The van der Waals surface area contributed by atoms with Crippen LogP contribution in [-0.4, -0.2) is 12.1 Å². The first-order valence-electron chi connectivity index (χ1n) is 6.19. The van der Waals surface area contributed by atoms with Gasteiger partial charge in [0.1, 0.15) is 6.61 Å². The molecule has 106 valence electrons. The van der Waals surface area contributed by atoms with Gasteiger partial charge in [-0.15, -0.1) is 0 Å². The highest BCUT2D eigenvalue weighted by Gasteiger charge is 2.30. The van der Waals surface area contributed by atoms with Crippen LogP contribution in [0.25, 0.3) is 0 Å². The number of ether oxygens (including phenoxy) is 1. The van der Waals surface area contributed by atoms with Gasteiger partial charge in [0, 0.05) is 6.42 Å². The maximum absolute atomic E-state index is 12.1. The molecule has 0 heterocycles. The Balaban J connectivity index is 2.41. The third-order valence-electron chi connectivity index (χ3n) is 2.83. The molecule has 1 rings (SSSR count). The molecule has 1 atom stereocenters. The Morgan fingerprint density at radius 1 is 1.26 bits per heavy atom. The van der Waals surface area contributed by atoms with E-state index < -0.39 is 24.5 Å². The smallest absolute Gasteiger partial charge is 0.389 e. The molecule has 2 nitrogen and oxygen atoms in total. The predicted molar refractivity (Wildman–Crippen MR) is 65.3 cm³/mol. The third kappa shape index (κ3) is 6.27. The maximum Gasteiger partial charge on any atom is 0.389 e. The number of hydrogen-bond donors (Lipinski definition) is 0. The second-order valence-corrected chi connectivity index (χ2v) is 4.35. The van der Waals surface area contributed by atoms with Crippen molar-refractivity contribution in [3.63, 3.8) is 0 Å². The number of benzene rings is 1. The van der Waals surface area contributed by atoms with E-state index in [1.807, 2.05) is 18.2 Å². The minimum absolute atomic E-state index is 0.0994. The van der Waals surface area contributed by atoms with Crippen LogP contribution in [0.5, 0.6) is 0 Å². The molecule has 0 N–H and O–H groups in total. The Bertz CT molecular complexity index is 387. The number of halogens is 3. The normalized spacial score (nSPS) is 13.1. The minimum atomic E-state index is -4.23. The van der Waals surface area contributed by atoms with Crippen molar-refractivity contribution in [3.05, 3.63) is 35.9 Å². The molecular formula is C14H17F3O2. The Morgan fingerprint density at radius 2 is 1.89 bits per heavy atom. The molecule has 0 radical (unpaired) electrons. The molecule has 0 aliphatic heterocycles. The molecule has 0 fully saturated rings. The molecule has 0 bridgehead atoms. The summed E-state index contributed by atoms with van der Waals surface area (Å²) in [7, 11) is 0. The van der Waals surface area contributed by atoms with E-state index in [0.717, 1.165) is 5.56 Å². The largest absolute Gasteiger partial charge is 0.461 e. The summed E-state index contributed by atoms with van der Waals surface area (Å²) in [5, 5.41) is 0. The zero-order chi connectivity index (χ0) is 14.3. The number of rotatable bonds is 6. The number of carbonyl (C=O) groups excluding carboxylic acids is 1. The van der Waals surface area contributed by atoms with Crippen LogP contribution in [-0.2, 0) is 16.1 Å². The molecular weight excluding hydrogens is 257 g/mol. The maximum atomic E-state index is 12.1. The van der Waals surface area contributed by atoms with Crippen molar-refractivity contribution in [1.29, 1.82) is 0 Å². The number of esters is 1. The molecule has 1 aromatic rings. The number of hydrogen-bond acceptors (Lipinski definition) is 2. The van der Waals surface area contributed by atoms with Gasteiger partial charge >= 0.3 is 12.1 Å². The summed E-state index contributed by atoms with van der Waals surface area (Å²) in [6, 6.07) is 9.05. The molecule has 0 aliphatic rings. The van der Waals surface area contributed by atoms with Crippen LogP contribution in [0.2, 0.25) is 0 Å². The van der Waals surface area contributed by atoms with Gasteiger partial charge in [0.15, 0.2) is 0 Å². The van der Waals surface area contributed by atoms with Crippen LogP contribution >= 0.6 is 0 Å².